The fourth-order valence-corrected chi connectivity index (χ4v) is 5.98. The topological polar surface area (TPSA) is 59.2 Å². The molecule has 1 unspecified atom stereocenters. The van der Waals surface area contributed by atoms with Crippen LogP contribution in [0.3, 0.4) is 0 Å². The van der Waals surface area contributed by atoms with Crippen molar-refractivity contribution in [3.8, 4) is 0 Å². The third-order valence-electron chi connectivity index (χ3n) is 6.43. The van der Waals surface area contributed by atoms with Gasteiger partial charge in [0, 0.05) is 35.4 Å². The summed E-state index contributed by atoms with van der Waals surface area (Å²) in [6.45, 7) is 4.64. The minimum atomic E-state index is -3.39. The van der Waals surface area contributed by atoms with E-state index in [0.29, 0.717) is 18.6 Å². The Morgan fingerprint density at radius 1 is 1.35 bits per heavy atom. The predicted molar refractivity (Wildman–Crippen MR) is 104 cm³/mol. The van der Waals surface area contributed by atoms with Crippen LogP contribution in [0.1, 0.15) is 36.8 Å². The highest BCUT2D eigenvalue weighted by Crippen LogP contribution is 2.47. The van der Waals surface area contributed by atoms with Gasteiger partial charge in [0.1, 0.15) is 0 Å². The van der Waals surface area contributed by atoms with Crippen LogP contribution < -0.4 is 0 Å². The van der Waals surface area contributed by atoms with Gasteiger partial charge in [-0.1, -0.05) is 19.1 Å². The molecule has 1 aliphatic heterocycles. The molecule has 5 nitrogen and oxygen atoms in total. The second-order valence-electron chi connectivity index (χ2n) is 8.44. The van der Waals surface area contributed by atoms with E-state index in [1.165, 1.54) is 22.0 Å². The summed E-state index contributed by atoms with van der Waals surface area (Å²) in [5, 5.41) is 1.39. The maximum atomic E-state index is 11.5. The van der Waals surface area contributed by atoms with Crippen LogP contribution >= 0.6 is 0 Å². The van der Waals surface area contributed by atoms with Gasteiger partial charge in [0.05, 0.1) is 39.0 Å². The molecule has 0 spiro atoms. The quantitative estimate of drug-likeness (QED) is 0.644. The summed E-state index contributed by atoms with van der Waals surface area (Å²) < 4.78 is 29.2. The van der Waals surface area contributed by atoms with E-state index in [9.17, 15) is 8.42 Å². The summed E-state index contributed by atoms with van der Waals surface area (Å²) >= 11 is 0. The van der Waals surface area contributed by atoms with Crippen molar-refractivity contribution in [1.29, 1.82) is 0 Å². The number of benzene rings is 1. The molecule has 0 amide bonds. The van der Waals surface area contributed by atoms with Crippen molar-refractivity contribution >= 4 is 21.0 Å². The minimum absolute atomic E-state index is 0.262. The number of likely N-dealkylation sites (tertiary alicyclic amines) is 1. The normalized spacial score (nSPS) is 31.1. The molecule has 2 aliphatic rings. The molecule has 142 valence electrons. The maximum absolute atomic E-state index is 11.5. The standard InChI is InChI=1S/C20H29N2O3S/c1-4-8-22(2)12-14(13-25-26(3,23)24)9-17-16-6-5-7-18-20(16)15(11-21-18)10-19(17)22/h5-7,11,14,17,19,21H,4,8-10,12-13H2,1-3H3/q+1/t14-,17-,19-,22?/m1/s1. The lowest BCUT2D eigenvalue weighted by molar-refractivity contribution is -0.943. The van der Waals surface area contributed by atoms with E-state index in [-0.39, 0.29) is 5.92 Å². The number of nitrogens with one attached hydrogen (secondary N) is 1. The summed E-state index contributed by atoms with van der Waals surface area (Å²) in [5.41, 5.74) is 4.08. The maximum Gasteiger partial charge on any atom is 0.264 e. The first-order valence-corrected chi connectivity index (χ1v) is 11.4. The highest BCUT2D eigenvalue weighted by atomic mass is 32.2. The molecule has 6 heteroatoms. The first kappa shape index (κ1) is 18.0. The lowest BCUT2D eigenvalue weighted by Crippen LogP contribution is -2.62. The fourth-order valence-electron chi connectivity index (χ4n) is 5.54. The molecule has 1 saturated heterocycles. The van der Waals surface area contributed by atoms with Gasteiger partial charge in [-0.3, -0.25) is 4.18 Å². The molecule has 1 aromatic heterocycles. The van der Waals surface area contributed by atoms with Gasteiger partial charge in [-0.25, -0.2) is 0 Å². The van der Waals surface area contributed by atoms with Gasteiger partial charge in [-0.05, 0) is 30.0 Å². The number of rotatable bonds is 5. The summed E-state index contributed by atoms with van der Waals surface area (Å²) in [6.07, 6.45) is 6.55. The number of nitrogens with zero attached hydrogens (tertiary/aromatic N) is 1. The number of fused-ring (bicyclic) bond motifs is 2. The van der Waals surface area contributed by atoms with Gasteiger partial charge < -0.3 is 9.47 Å². The Morgan fingerprint density at radius 2 is 2.15 bits per heavy atom. The van der Waals surface area contributed by atoms with E-state index < -0.39 is 10.1 Å². The largest absolute Gasteiger partial charge is 0.361 e. The van der Waals surface area contributed by atoms with E-state index in [4.69, 9.17) is 4.18 Å². The number of likely N-dealkylation sites (N-methyl/N-ethyl adjacent to an activating group) is 1. The van der Waals surface area contributed by atoms with Crippen LogP contribution in [0, 0.1) is 5.92 Å². The Morgan fingerprint density at radius 3 is 2.88 bits per heavy atom. The van der Waals surface area contributed by atoms with Crippen molar-refractivity contribution < 1.29 is 17.1 Å². The number of aromatic amines is 1. The van der Waals surface area contributed by atoms with E-state index in [0.717, 1.165) is 43.1 Å². The number of quaternary nitrogens is 1. The molecule has 2 aromatic rings. The van der Waals surface area contributed by atoms with Crippen molar-refractivity contribution in [1.82, 2.24) is 4.98 Å². The zero-order valence-electron chi connectivity index (χ0n) is 15.9. The van der Waals surface area contributed by atoms with Crippen LogP contribution in [0.4, 0.5) is 0 Å². The first-order valence-electron chi connectivity index (χ1n) is 9.58. The van der Waals surface area contributed by atoms with Gasteiger partial charge >= 0.3 is 0 Å². The molecule has 1 N–H and O–H groups in total. The predicted octanol–water partition coefficient (Wildman–Crippen LogP) is 3.03. The number of hydrogen-bond donors (Lipinski definition) is 1. The van der Waals surface area contributed by atoms with Gasteiger partial charge in [0.25, 0.3) is 10.1 Å². The van der Waals surface area contributed by atoms with E-state index in [1.54, 1.807) is 0 Å². The third kappa shape index (κ3) is 3.08. The van der Waals surface area contributed by atoms with Crippen LogP contribution in [0.2, 0.25) is 0 Å². The van der Waals surface area contributed by atoms with Crippen LogP contribution in [-0.2, 0) is 20.7 Å². The van der Waals surface area contributed by atoms with Crippen molar-refractivity contribution in [3.63, 3.8) is 0 Å². The Hall–Kier alpha value is -1.37. The average molecular weight is 378 g/mol. The summed E-state index contributed by atoms with van der Waals surface area (Å²) in [7, 11) is -1.04. The molecular weight excluding hydrogens is 348 g/mol. The molecule has 0 saturated carbocycles. The number of hydrogen-bond acceptors (Lipinski definition) is 3. The number of H-pyrrole nitrogens is 1. The first-order chi connectivity index (χ1) is 12.3. The smallest absolute Gasteiger partial charge is 0.264 e. The van der Waals surface area contributed by atoms with E-state index in [2.05, 4.69) is 43.4 Å². The van der Waals surface area contributed by atoms with Gasteiger partial charge in [0.2, 0.25) is 0 Å². The number of piperidine rings is 1. The van der Waals surface area contributed by atoms with Gasteiger partial charge in [-0.15, -0.1) is 0 Å². The molecule has 4 rings (SSSR count). The second-order valence-corrected chi connectivity index (χ2v) is 10.1. The Kier molecular flexibility index (Phi) is 4.40. The summed E-state index contributed by atoms with van der Waals surface area (Å²) in [5.74, 6) is 0.721. The molecule has 1 aliphatic carbocycles. The number of aromatic nitrogens is 1. The molecule has 0 radical (unpaired) electrons. The van der Waals surface area contributed by atoms with Crippen molar-refractivity contribution in [2.45, 2.75) is 38.1 Å². The molecule has 1 aromatic carbocycles. The van der Waals surface area contributed by atoms with Gasteiger partial charge in [-0.2, -0.15) is 8.42 Å². The minimum Gasteiger partial charge on any atom is -0.361 e. The van der Waals surface area contributed by atoms with Crippen LogP contribution in [0.15, 0.2) is 24.4 Å². The SMILES string of the molecule is CCC[N+]1(C)C[C@H](COS(C)(=O)=O)C[C@@H]2c3cccc4[nH]cc(c34)C[C@H]21. The lowest BCUT2D eigenvalue weighted by Gasteiger charge is -2.52. The second kappa shape index (κ2) is 6.36. The van der Waals surface area contributed by atoms with Crippen molar-refractivity contribution in [2.75, 3.05) is 33.0 Å². The zero-order chi connectivity index (χ0) is 18.5. The van der Waals surface area contributed by atoms with Gasteiger partial charge in [0.15, 0.2) is 0 Å². The third-order valence-corrected chi connectivity index (χ3v) is 6.99. The fraction of sp³-hybridized carbons (Fsp3) is 0.600. The zero-order valence-corrected chi connectivity index (χ0v) is 16.7. The highest BCUT2D eigenvalue weighted by Gasteiger charge is 2.48. The Bertz CT molecular complexity index is 920. The monoisotopic (exact) mass is 377 g/mol. The average Bonchev–Trinajstić information content (AvgIpc) is 2.98. The van der Waals surface area contributed by atoms with Crippen LogP contribution in [-0.4, -0.2) is 56.9 Å². The molecule has 26 heavy (non-hydrogen) atoms. The molecule has 0 bridgehead atoms. The molecule has 4 atom stereocenters. The van der Waals surface area contributed by atoms with Crippen LogP contribution in [0.5, 0.6) is 0 Å². The van der Waals surface area contributed by atoms with Crippen molar-refractivity contribution in [2.24, 2.45) is 5.92 Å². The Labute approximate surface area is 156 Å². The lowest BCUT2D eigenvalue weighted by atomic mass is 9.71. The van der Waals surface area contributed by atoms with Crippen molar-refractivity contribution in [3.05, 3.63) is 35.5 Å². The summed E-state index contributed by atoms with van der Waals surface area (Å²) in [4.78, 5) is 3.43. The molecular formula is C20H29N2O3S+. The molecule has 2 heterocycles. The van der Waals surface area contributed by atoms with E-state index >= 15 is 0 Å². The molecule has 1 fully saturated rings. The highest BCUT2D eigenvalue weighted by molar-refractivity contribution is 7.85. The Balaban J connectivity index is 1.72. The van der Waals surface area contributed by atoms with E-state index in [1.807, 2.05) is 0 Å². The van der Waals surface area contributed by atoms with Crippen LogP contribution in [0.25, 0.3) is 10.9 Å². The summed E-state index contributed by atoms with van der Waals surface area (Å²) in [6, 6.07) is 7.11.